The molecule has 21 heavy (non-hydrogen) atoms. The summed E-state index contributed by atoms with van der Waals surface area (Å²) >= 11 is 0. The van der Waals surface area contributed by atoms with Crippen LogP contribution in [0.25, 0.3) is 0 Å². The molecule has 0 aliphatic rings. The molecule has 0 saturated carbocycles. The summed E-state index contributed by atoms with van der Waals surface area (Å²) in [5.41, 5.74) is -0.500. The number of aromatic nitrogens is 2. The molecule has 0 spiro atoms. The number of carbonyl (C=O) groups is 2. The molecule has 0 aliphatic heterocycles. The Bertz CT molecular complexity index is 545. The van der Waals surface area contributed by atoms with Crippen LogP contribution in [0.2, 0.25) is 0 Å². The van der Waals surface area contributed by atoms with E-state index in [1.165, 1.54) is 7.11 Å². The highest BCUT2D eigenvalue weighted by atomic mass is 16.5. The number of hydrogen-bond acceptors (Lipinski definition) is 5. The molecule has 1 unspecified atom stereocenters. The van der Waals surface area contributed by atoms with Gasteiger partial charge >= 0.3 is 5.97 Å². The van der Waals surface area contributed by atoms with Crippen molar-refractivity contribution in [2.45, 2.75) is 34.1 Å². The molecular weight excluding hydrogens is 274 g/mol. The molecule has 2 N–H and O–H groups in total. The van der Waals surface area contributed by atoms with Crippen molar-refractivity contribution in [1.82, 2.24) is 9.97 Å². The highest BCUT2D eigenvalue weighted by Gasteiger charge is 2.38. The fourth-order valence-electron chi connectivity index (χ4n) is 1.73. The van der Waals surface area contributed by atoms with E-state index in [0.29, 0.717) is 11.6 Å². The van der Waals surface area contributed by atoms with Crippen molar-refractivity contribution in [3.8, 4) is 5.88 Å². The summed E-state index contributed by atoms with van der Waals surface area (Å²) in [5.74, 6) is -1.19. The van der Waals surface area contributed by atoms with Crippen molar-refractivity contribution in [1.29, 1.82) is 0 Å². The molecule has 1 aromatic rings. The van der Waals surface area contributed by atoms with Crippen molar-refractivity contribution < 1.29 is 19.4 Å². The lowest BCUT2D eigenvalue weighted by Crippen LogP contribution is -2.37. The average Bonchev–Trinajstić information content (AvgIpc) is 2.36. The van der Waals surface area contributed by atoms with Crippen LogP contribution >= 0.6 is 0 Å². The first-order valence-electron chi connectivity index (χ1n) is 6.62. The van der Waals surface area contributed by atoms with Crippen LogP contribution in [0.5, 0.6) is 5.88 Å². The third kappa shape index (κ3) is 4.14. The summed E-state index contributed by atoms with van der Waals surface area (Å²) in [6.07, 6.45) is -0.153. The van der Waals surface area contributed by atoms with Crippen LogP contribution in [-0.4, -0.2) is 34.1 Å². The van der Waals surface area contributed by atoms with Crippen LogP contribution in [0.1, 0.15) is 32.9 Å². The van der Waals surface area contributed by atoms with Gasteiger partial charge in [-0.1, -0.05) is 13.8 Å². The minimum atomic E-state index is -1.14. The number of aliphatic carboxylic acids is 1. The Balaban J connectivity index is 2.87. The summed E-state index contributed by atoms with van der Waals surface area (Å²) in [4.78, 5) is 31.5. The van der Waals surface area contributed by atoms with Gasteiger partial charge in [-0.3, -0.25) is 14.9 Å². The number of carbonyl (C=O) groups excluding carboxylic acids is 1. The van der Waals surface area contributed by atoms with Crippen LogP contribution in [0.4, 0.5) is 5.95 Å². The standard InChI is InChI=1S/C14H21N3O4/c1-8(2)14(4,12(19)20)7-10(18)16-13-15-9(3)6-11(17-13)21-5/h6,8H,7H2,1-5H3,(H,19,20)(H,15,16,17,18). The molecule has 116 valence electrons. The molecule has 1 atom stereocenters. The zero-order valence-corrected chi connectivity index (χ0v) is 12.9. The molecule has 1 amide bonds. The van der Waals surface area contributed by atoms with E-state index in [9.17, 15) is 14.7 Å². The molecule has 0 aromatic carbocycles. The van der Waals surface area contributed by atoms with Gasteiger partial charge in [0.05, 0.1) is 12.5 Å². The maximum atomic E-state index is 12.1. The van der Waals surface area contributed by atoms with Crippen molar-refractivity contribution in [2.24, 2.45) is 11.3 Å². The zero-order valence-electron chi connectivity index (χ0n) is 12.9. The Morgan fingerprint density at radius 2 is 2.05 bits per heavy atom. The van der Waals surface area contributed by atoms with E-state index < -0.39 is 17.3 Å². The fraction of sp³-hybridized carbons (Fsp3) is 0.571. The number of carboxylic acid groups (broad SMARTS) is 1. The van der Waals surface area contributed by atoms with Gasteiger partial charge in [0, 0.05) is 18.2 Å². The van der Waals surface area contributed by atoms with E-state index in [2.05, 4.69) is 15.3 Å². The zero-order chi connectivity index (χ0) is 16.2. The largest absolute Gasteiger partial charge is 0.481 e. The molecule has 0 bridgehead atoms. The molecule has 1 aromatic heterocycles. The van der Waals surface area contributed by atoms with E-state index in [0.717, 1.165) is 0 Å². The third-order valence-electron chi connectivity index (χ3n) is 3.58. The number of carboxylic acids is 1. The first kappa shape index (κ1) is 16.9. The number of ether oxygens (including phenoxy) is 1. The lowest BCUT2D eigenvalue weighted by molar-refractivity contribution is -0.153. The van der Waals surface area contributed by atoms with Gasteiger partial charge < -0.3 is 9.84 Å². The molecule has 7 nitrogen and oxygen atoms in total. The lowest BCUT2D eigenvalue weighted by Gasteiger charge is -2.28. The maximum Gasteiger partial charge on any atom is 0.310 e. The number of anilines is 1. The molecule has 0 aliphatic carbocycles. The normalized spacial score (nSPS) is 13.6. The second kappa shape index (κ2) is 6.51. The molecule has 0 saturated heterocycles. The highest BCUT2D eigenvalue weighted by Crippen LogP contribution is 2.31. The predicted octanol–water partition coefficient (Wildman–Crippen LogP) is 1.87. The topological polar surface area (TPSA) is 101 Å². The number of nitrogens with zero attached hydrogens (tertiary/aromatic N) is 2. The second-order valence-corrected chi connectivity index (χ2v) is 5.48. The smallest absolute Gasteiger partial charge is 0.310 e. The third-order valence-corrected chi connectivity index (χ3v) is 3.58. The first-order valence-corrected chi connectivity index (χ1v) is 6.62. The van der Waals surface area contributed by atoms with Crippen LogP contribution in [0, 0.1) is 18.3 Å². The van der Waals surface area contributed by atoms with Gasteiger partial charge in [-0.05, 0) is 19.8 Å². The molecule has 0 fully saturated rings. The highest BCUT2D eigenvalue weighted by molar-refractivity contribution is 5.93. The second-order valence-electron chi connectivity index (χ2n) is 5.48. The number of aryl methyl sites for hydroxylation is 1. The average molecular weight is 295 g/mol. The van der Waals surface area contributed by atoms with Crippen molar-refractivity contribution in [3.05, 3.63) is 11.8 Å². The number of nitrogens with one attached hydrogen (secondary N) is 1. The van der Waals surface area contributed by atoms with E-state index in [-0.39, 0.29) is 18.3 Å². The monoisotopic (exact) mass is 295 g/mol. The van der Waals surface area contributed by atoms with Crippen LogP contribution in [0.15, 0.2) is 6.07 Å². The summed E-state index contributed by atoms with van der Waals surface area (Å²) in [7, 11) is 1.47. The number of rotatable bonds is 6. The summed E-state index contributed by atoms with van der Waals surface area (Å²) in [6.45, 7) is 6.84. The predicted molar refractivity (Wildman–Crippen MR) is 77.1 cm³/mol. The SMILES string of the molecule is COc1cc(C)nc(NC(=O)CC(C)(C(=O)O)C(C)C)n1. The van der Waals surface area contributed by atoms with Gasteiger partial charge in [-0.15, -0.1) is 0 Å². The van der Waals surface area contributed by atoms with E-state index in [4.69, 9.17) is 4.74 Å². The van der Waals surface area contributed by atoms with Crippen molar-refractivity contribution in [3.63, 3.8) is 0 Å². The number of hydrogen-bond donors (Lipinski definition) is 2. The lowest BCUT2D eigenvalue weighted by atomic mass is 9.76. The minimum absolute atomic E-state index is 0.105. The molecule has 7 heteroatoms. The van der Waals surface area contributed by atoms with Gasteiger partial charge in [0.15, 0.2) is 0 Å². The number of methoxy groups -OCH3 is 1. The van der Waals surface area contributed by atoms with Crippen LogP contribution in [0.3, 0.4) is 0 Å². The van der Waals surface area contributed by atoms with Gasteiger partial charge in [0.2, 0.25) is 17.7 Å². The molecule has 1 rings (SSSR count). The minimum Gasteiger partial charge on any atom is -0.481 e. The number of amides is 1. The fourth-order valence-corrected chi connectivity index (χ4v) is 1.73. The van der Waals surface area contributed by atoms with Crippen LogP contribution in [-0.2, 0) is 9.59 Å². The van der Waals surface area contributed by atoms with Gasteiger partial charge in [0.1, 0.15) is 0 Å². The molecular formula is C14H21N3O4. The van der Waals surface area contributed by atoms with Gasteiger partial charge in [-0.2, -0.15) is 4.98 Å². The quantitative estimate of drug-likeness (QED) is 0.830. The summed E-state index contributed by atoms with van der Waals surface area (Å²) in [6, 6.07) is 1.63. The Hall–Kier alpha value is -2.18. The Kier molecular flexibility index (Phi) is 5.23. The maximum absolute atomic E-state index is 12.1. The van der Waals surface area contributed by atoms with E-state index in [1.807, 2.05) is 0 Å². The van der Waals surface area contributed by atoms with Gasteiger partial charge in [0.25, 0.3) is 0 Å². The van der Waals surface area contributed by atoms with E-state index in [1.54, 1.807) is 33.8 Å². The Labute approximate surface area is 123 Å². The summed E-state index contributed by atoms with van der Waals surface area (Å²) in [5, 5.41) is 11.8. The molecule has 0 radical (unpaired) electrons. The molecule has 1 heterocycles. The van der Waals surface area contributed by atoms with E-state index >= 15 is 0 Å². The van der Waals surface area contributed by atoms with Crippen molar-refractivity contribution >= 4 is 17.8 Å². The summed E-state index contributed by atoms with van der Waals surface area (Å²) < 4.78 is 5.00. The Morgan fingerprint density at radius 3 is 2.52 bits per heavy atom. The van der Waals surface area contributed by atoms with Gasteiger partial charge in [-0.25, -0.2) is 4.98 Å². The van der Waals surface area contributed by atoms with Crippen LogP contribution < -0.4 is 10.1 Å². The first-order chi connectivity index (χ1) is 9.68. The Morgan fingerprint density at radius 1 is 1.43 bits per heavy atom. The van der Waals surface area contributed by atoms with Crippen molar-refractivity contribution in [2.75, 3.05) is 12.4 Å².